The van der Waals surface area contributed by atoms with E-state index in [1.165, 1.54) is 6.07 Å². The van der Waals surface area contributed by atoms with Gasteiger partial charge in [-0.2, -0.15) is 0 Å². The van der Waals surface area contributed by atoms with E-state index in [2.05, 4.69) is 34.0 Å². The summed E-state index contributed by atoms with van der Waals surface area (Å²) in [5.41, 5.74) is 0.702. The number of hydrogen-bond donors (Lipinski definition) is 1. The third-order valence-electron chi connectivity index (χ3n) is 3.59. The van der Waals surface area contributed by atoms with Crippen LogP contribution in [0.3, 0.4) is 0 Å². The zero-order valence-electron chi connectivity index (χ0n) is 13.0. The highest BCUT2D eigenvalue weighted by molar-refractivity contribution is 5.80. The average molecular weight is 292 g/mol. The van der Waals surface area contributed by atoms with E-state index in [4.69, 9.17) is 0 Å². The van der Waals surface area contributed by atoms with Crippen LogP contribution < -0.4 is 10.2 Å². The van der Waals surface area contributed by atoms with Gasteiger partial charge in [0.05, 0.1) is 5.69 Å². The first-order valence-corrected chi connectivity index (χ1v) is 7.79. The molecule has 0 saturated carbocycles. The van der Waals surface area contributed by atoms with E-state index in [9.17, 15) is 4.39 Å². The summed E-state index contributed by atoms with van der Waals surface area (Å²) in [5.74, 6) is 0.838. The fourth-order valence-electron chi connectivity index (χ4n) is 2.51. The van der Waals surface area contributed by atoms with Crippen LogP contribution in [0.2, 0.25) is 0 Å². The summed E-state index contributed by atoms with van der Waals surface area (Å²) in [6.07, 6.45) is 1.05. The number of piperazine rings is 1. The molecule has 1 N–H and O–H groups in total. The quantitative estimate of drug-likeness (QED) is 0.682. The summed E-state index contributed by atoms with van der Waals surface area (Å²) in [4.78, 5) is 8.98. The van der Waals surface area contributed by atoms with Crippen molar-refractivity contribution in [3.05, 3.63) is 30.1 Å². The molecular formula is C16H25FN4. The first-order chi connectivity index (χ1) is 10.3. The molecule has 116 valence electrons. The molecule has 2 rings (SSSR count). The molecule has 21 heavy (non-hydrogen) atoms. The molecule has 1 saturated heterocycles. The number of benzene rings is 1. The first kappa shape index (κ1) is 15.6. The standard InChI is InChI=1S/C16H25FN4/c1-3-9-19-16(18-4-2)21-12-10-20(11-13-21)15-8-6-5-7-14(15)17/h5-8H,3-4,9-13H2,1-2H3,(H,18,19). The maximum absolute atomic E-state index is 13.8. The third-order valence-corrected chi connectivity index (χ3v) is 3.59. The first-order valence-electron chi connectivity index (χ1n) is 7.79. The molecule has 0 amide bonds. The Morgan fingerprint density at radius 3 is 2.52 bits per heavy atom. The Morgan fingerprint density at radius 1 is 1.19 bits per heavy atom. The van der Waals surface area contributed by atoms with Crippen molar-refractivity contribution in [2.75, 3.05) is 44.2 Å². The van der Waals surface area contributed by atoms with Crippen LogP contribution in [-0.2, 0) is 0 Å². The van der Waals surface area contributed by atoms with Gasteiger partial charge in [-0.25, -0.2) is 4.39 Å². The van der Waals surface area contributed by atoms with Gasteiger partial charge in [-0.05, 0) is 25.5 Å². The summed E-state index contributed by atoms with van der Waals surface area (Å²) in [6, 6.07) is 6.99. The number of para-hydroxylation sites is 1. The fraction of sp³-hybridized carbons (Fsp3) is 0.562. The highest BCUT2D eigenvalue weighted by Crippen LogP contribution is 2.20. The minimum Gasteiger partial charge on any atom is -0.366 e. The summed E-state index contributed by atoms with van der Waals surface area (Å²) in [7, 11) is 0. The number of nitrogens with one attached hydrogen (secondary N) is 1. The maximum atomic E-state index is 13.8. The van der Waals surface area contributed by atoms with Crippen molar-refractivity contribution in [2.45, 2.75) is 20.3 Å². The normalized spacial score (nSPS) is 16.2. The van der Waals surface area contributed by atoms with E-state index < -0.39 is 0 Å². The van der Waals surface area contributed by atoms with E-state index in [1.54, 1.807) is 6.07 Å². The molecule has 0 spiro atoms. The second kappa shape index (κ2) is 7.86. The molecule has 1 heterocycles. The van der Waals surface area contributed by atoms with Crippen LogP contribution in [0.15, 0.2) is 29.3 Å². The number of aliphatic imine (C=N–C) groups is 1. The molecule has 0 radical (unpaired) electrons. The van der Waals surface area contributed by atoms with Gasteiger partial charge in [0.1, 0.15) is 5.82 Å². The molecule has 5 heteroatoms. The van der Waals surface area contributed by atoms with Gasteiger partial charge in [-0.15, -0.1) is 0 Å². The van der Waals surface area contributed by atoms with Gasteiger partial charge < -0.3 is 15.1 Å². The summed E-state index contributed by atoms with van der Waals surface area (Å²) in [5, 5.41) is 3.34. The van der Waals surface area contributed by atoms with Crippen LogP contribution in [0.25, 0.3) is 0 Å². The van der Waals surface area contributed by atoms with Crippen molar-refractivity contribution in [2.24, 2.45) is 4.99 Å². The predicted octanol–water partition coefficient (Wildman–Crippen LogP) is 2.32. The SMILES string of the molecule is CCCN=C(NCC)N1CCN(c2ccccc2F)CC1. The lowest BCUT2D eigenvalue weighted by Crippen LogP contribution is -2.52. The van der Waals surface area contributed by atoms with Crippen LogP contribution in [-0.4, -0.2) is 50.1 Å². The molecule has 1 aliphatic heterocycles. The van der Waals surface area contributed by atoms with Crippen molar-refractivity contribution in [3.8, 4) is 0 Å². The van der Waals surface area contributed by atoms with Crippen LogP contribution >= 0.6 is 0 Å². The van der Waals surface area contributed by atoms with Crippen LogP contribution in [0.1, 0.15) is 20.3 Å². The lowest BCUT2D eigenvalue weighted by Gasteiger charge is -2.37. The monoisotopic (exact) mass is 292 g/mol. The van der Waals surface area contributed by atoms with Gasteiger partial charge in [0.2, 0.25) is 0 Å². The molecule has 0 aliphatic carbocycles. The Kier molecular flexibility index (Phi) is 5.84. The van der Waals surface area contributed by atoms with Crippen LogP contribution in [0.4, 0.5) is 10.1 Å². The summed E-state index contributed by atoms with van der Waals surface area (Å²) >= 11 is 0. The minimum absolute atomic E-state index is 0.141. The van der Waals surface area contributed by atoms with Crippen molar-refractivity contribution < 1.29 is 4.39 Å². The van der Waals surface area contributed by atoms with Gasteiger partial charge in [-0.3, -0.25) is 4.99 Å². The van der Waals surface area contributed by atoms with E-state index in [-0.39, 0.29) is 5.82 Å². The predicted molar refractivity (Wildman–Crippen MR) is 86.5 cm³/mol. The maximum Gasteiger partial charge on any atom is 0.194 e. The number of anilines is 1. The topological polar surface area (TPSA) is 30.9 Å². The molecule has 0 atom stereocenters. The van der Waals surface area contributed by atoms with Crippen molar-refractivity contribution >= 4 is 11.6 Å². The number of nitrogens with zero attached hydrogens (tertiary/aromatic N) is 3. The zero-order valence-corrected chi connectivity index (χ0v) is 13.0. The number of guanidine groups is 1. The molecule has 0 unspecified atom stereocenters. The van der Waals surface area contributed by atoms with Gasteiger partial charge in [-0.1, -0.05) is 19.1 Å². The fourth-order valence-corrected chi connectivity index (χ4v) is 2.51. The van der Waals surface area contributed by atoms with Gasteiger partial charge in [0.15, 0.2) is 5.96 Å². The molecule has 0 bridgehead atoms. The van der Waals surface area contributed by atoms with Crippen molar-refractivity contribution in [1.29, 1.82) is 0 Å². The van der Waals surface area contributed by atoms with Gasteiger partial charge in [0.25, 0.3) is 0 Å². The molecule has 1 aromatic rings. The van der Waals surface area contributed by atoms with Gasteiger partial charge in [0, 0.05) is 39.3 Å². The van der Waals surface area contributed by atoms with Crippen LogP contribution in [0, 0.1) is 5.82 Å². The second-order valence-electron chi connectivity index (χ2n) is 5.16. The highest BCUT2D eigenvalue weighted by Gasteiger charge is 2.21. The van der Waals surface area contributed by atoms with E-state index >= 15 is 0 Å². The summed E-state index contributed by atoms with van der Waals surface area (Å²) in [6.45, 7) is 9.29. The van der Waals surface area contributed by atoms with E-state index in [0.29, 0.717) is 5.69 Å². The smallest absolute Gasteiger partial charge is 0.194 e. The Hall–Kier alpha value is -1.78. The zero-order chi connectivity index (χ0) is 15.1. The van der Waals surface area contributed by atoms with E-state index in [1.807, 2.05) is 12.1 Å². The number of hydrogen-bond acceptors (Lipinski definition) is 2. The number of rotatable bonds is 4. The molecule has 1 aliphatic rings. The Bertz CT molecular complexity index is 467. The second-order valence-corrected chi connectivity index (χ2v) is 5.16. The van der Waals surface area contributed by atoms with Crippen LogP contribution in [0.5, 0.6) is 0 Å². The molecular weight excluding hydrogens is 267 g/mol. The lowest BCUT2D eigenvalue weighted by molar-refractivity contribution is 0.371. The van der Waals surface area contributed by atoms with Gasteiger partial charge >= 0.3 is 0 Å². The summed E-state index contributed by atoms with van der Waals surface area (Å²) < 4.78 is 13.8. The Labute approximate surface area is 126 Å². The van der Waals surface area contributed by atoms with Crippen molar-refractivity contribution in [3.63, 3.8) is 0 Å². The highest BCUT2D eigenvalue weighted by atomic mass is 19.1. The molecule has 1 aromatic carbocycles. The molecule has 4 nitrogen and oxygen atoms in total. The number of halogens is 1. The Balaban J connectivity index is 1.97. The average Bonchev–Trinajstić information content (AvgIpc) is 2.52. The third kappa shape index (κ3) is 4.09. The molecule has 0 aromatic heterocycles. The van der Waals surface area contributed by atoms with Crippen molar-refractivity contribution in [1.82, 2.24) is 10.2 Å². The lowest BCUT2D eigenvalue weighted by atomic mass is 10.2. The largest absolute Gasteiger partial charge is 0.366 e. The minimum atomic E-state index is -0.141. The Morgan fingerprint density at radius 2 is 1.90 bits per heavy atom. The molecule has 1 fully saturated rings. The van der Waals surface area contributed by atoms with E-state index in [0.717, 1.165) is 51.6 Å².